The summed E-state index contributed by atoms with van der Waals surface area (Å²) in [6, 6.07) is 4.85. The molecule has 0 aliphatic rings. The summed E-state index contributed by atoms with van der Waals surface area (Å²) >= 11 is 7.09. The lowest BCUT2D eigenvalue weighted by Gasteiger charge is -2.14. The minimum Gasteiger partial charge on any atom is -0.384 e. The summed E-state index contributed by atoms with van der Waals surface area (Å²) in [6.45, 7) is 4.50. The van der Waals surface area contributed by atoms with Crippen LogP contribution in [0.5, 0.6) is 0 Å². The molecule has 2 aromatic heterocycles. The van der Waals surface area contributed by atoms with Crippen LogP contribution in [0.15, 0.2) is 37.7 Å². The standard InChI is InChI=1S/C21H24ClN5O4S/c1-4-8-26-17(23)16(19(30)25(3)21(26)31)15(28)11-32-20-24-14-10-12(22)6-7-13(14)18(29)27(20)9-5-2/h6-7,10H,4-5,8-9,11,23H2,1-3H3. The van der Waals surface area contributed by atoms with Crippen LogP contribution in [-0.4, -0.2) is 30.2 Å². The fourth-order valence-corrected chi connectivity index (χ4v) is 4.46. The Hall–Kier alpha value is -2.85. The van der Waals surface area contributed by atoms with Crippen LogP contribution < -0.4 is 22.5 Å². The number of halogens is 1. The number of fused-ring (bicyclic) bond motifs is 1. The van der Waals surface area contributed by atoms with Gasteiger partial charge in [-0.1, -0.05) is 37.2 Å². The lowest BCUT2D eigenvalue weighted by Crippen LogP contribution is -2.42. The molecule has 3 aromatic rings. The first-order valence-electron chi connectivity index (χ1n) is 10.2. The summed E-state index contributed by atoms with van der Waals surface area (Å²) < 4.78 is 3.61. The second-order valence-electron chi connectivity index (χ2n) is 7.28. The van der Waals surface area contributed by atoms with Crippen LogP contribution in [0.3, 0.4) is 0 Å². The molecule has 0 radical (unpaired) electrons. The molecule has 0 saturated heterocycles. The Labute approximate surface area is 192 Å². The van der Waals surface area contributed by atoms with Gasteiger partial charge in [-0.25, -0.2) is 9.78 Å². The summed E-state index contributed by atoms with van der Waals surface area (Å²) in [5.41, 5.74) is 4.70. The highest BCUT2D eigenvalue weighted by molar-refractivity contribution is 7.99. The van der Waals surface area contributed by atoms with Gasteiger partial charge < -0.3 is 5.73 Å². The second-order valence-corrected chi connectivity index (χ2v) is 8.66. The number of aromatic nitrogens is 4. The molecule has 2 N–H and O–H groups in total. The zero-order chi connectivity index (χ0) is 23.6. The first-order chi connectivity index (χ1) is 15.2. The van der Waals surface area contributed by atoms with E-state index in [0.717, 1.165) is 16.3 Å². The zero-order valence-electron chi connectivity index (χ0n) is 18.1. The molecular formula is C21H24ClN5O4S. The number of Topliss-reactive ketones (excluding diaryl/α,β-unsaturated/α-hetero) is 1. The highest BCUT2D eigenvalue weighted by atomic mass is 35.5. The van der Waals surface area contributed by atoms with Crippen LogP contribution in [0.2, 0.25) is 5.02 Å². The second kappa shape index (κ2) is 9.74. The Morgan fingerprint density at radius 1 is 1.09 bits per heavy atom. The van der Waals surface area contributed by atoms with Gasteiger partial charge in [0.15, 0.2) is 10.9 Å². The molecule has 0 unspecified atom stereocenters. The Kier molecular flexibility index (Phi) is 7.25. The first kappa shape index (κ1) is 23.8. The summed E-state index contributed by atoms with van der Waals surface area (Å²) in [5, 5.41) is 1.22. The number of benzene rings is 1. The molecule has 32 heavy (non-hydrogen) atoms. The van der Waals surface area contributed by atoms with E-state index in [1.165, 1.54) is 16.2 Å². The molecule has 0 spiro atoms. The van der Waals surface area contributed by atoms with E-state index in [0.29, 0.717) is 40.5 Å². The molecule has 0 atom stereocenters. The van der Waals surface area contributed by atoms with Crippen molar-refractivity contribution in [1.82, 2.24) is 18.7 Å². The van der Waals surface area contributed by atoms with Gasteiger partial charge >= 0.3 is 5.69 Å². The SMILES string of the molecule is CCCn1c(SCC(=O)c2c(N)n(CCC)c(=O)n(C)c2=O)nc2cc(Cl)ccc2c1=O. The largest absolute Gasteiger partial charge is 0.384 e. The molecule has 0 aliphatic carbocycles. The van der Waals surface area contributed by atoms with Crippen LogP contribution in [0.1, 0.15) is 37.0 Å². The average Bonchev–Trinajstić information content (AvgIpc) is 2.76. The number of rotatable bonds is 8. The molecule has 11 heteroatoms. The van der Waals surface area contributed by atoms with Crippen molar-refractivity contribution >= 4 is 45.9 Å². The molecule has 170 valence electrons. The van der Waals surface area contributed by atoms with Gasteiger partial charge in [-0.15, -0.1) is 0 Å². The van der Waals surface area contributed by atoms with E-state index in [-0.39, 0.29) is 29.2 Å². The third-order valence-corrected chi connectivity index (χ3v) is 6.18. The van der Waals surface area contributed by atoms with E-state index in [1.54, 1.807) is 18.2 Å². The number of carbonyl (C=O) groups is 1. The number of nitrogens with two attached hydrogens (primary N) is 1. The number of nitrogen functional groups attached to an aromatic ring is 1. The van der Waals surface area contributed by atoms with Crippen LogP contribution >= 0.6 is 23.4 Å². The normalized spacial score (nSPS) is 11.2. The highest BCUT2D eigenvalue weighted by Crippen LogP contribution is 2.22. The number of carbonyl (C=O) groups excluding carboxylic acids is 1. The van der Waals surface area contributed by atoms with Gasteiger partial charge in [-0.2, -0.15) is 0 Å². The fourth-order valence-electron chi connectivity index (χ4n) is 3.39. The molecule has 9 nitrogen and oxygen atoms in total. The maximum atomic E-state index is 13.0. The zero-order valence-corrected chi connectivity index (χ0v) is 19.6. The van der Waals surface area contributed by atoms with E-state index in [9.17, 15) is 19.2 Å². The summed E-state index contributed by atoms with van der Waals surface area (Å²) in [4.78, 5) is 55.4. The molecule has 2 heterocycles. The maximum absolute atomic E-state index is 13.0. The summed E-state index contributed by atoms with van der Waals surface area (Å²) in [7, 11) is 1.31. The predicted octanol–water partition coefficient (Wildman–Crippen LogP) is 2.29. The third-order valence-electron chi connectivity index (χ3n) is 4.97. The van der Waals surface area contributed by atoms with Crippen molar-refractivity contribution in [1.29, 1.82) is 0 Å². The molecule has 0 saturated carbocycles. The number of hydrogen-bond donors (Lipinski definition) is 1. The minimum atomic E-state index is -0.741. The summed E-state index contributed by atoms with van der Waals surface area (Å²) in [5.74, 6) is -0.859. The van der Waals surface area contributed by atoms with Crippen molar-refractivity contribution in [3.8, 4) is 0 Å². The molecule has 0 fully saturated rings. The Morgan fingerprint density at radius 3 is 2.41 bits per heavy atom. The molecule has 0 amide bonds. The van der Waals surface area contributed by atoms with Crippen molar-refractivity contribution in [2.24, 2.45) is 7.05 Å². The van der Waals surface area contributed by atoms with E-state index in [1.807, 2.05) is 13.8 Å². The number of hydrogen-bond acceptors (Lipinski definition) is 7. The van der Waals surface area contributed by atoms with Crippen molar-refractivity contribution < 1.29 is 4.79 Å². The molecule has 0 bridgehead atoms. The van der Waals surface area contributed by atoms with E-state index in [4.69, 9.17) is 17.3 Å². The first-order valence-corrected chi connectivity index (χ1v) is 11.5. The maximum Gasteiger partial charge on any atom is 0.332 e. The number of ketones is 1. The van der Waals surface area contributed by atoms with Crippen LogP contribution in [0.25, 0.3) is 10.9 Å². The van der Waals surface area contributed by atoms with Crippen LogP contribution in [0, 0.1) is 0 Å². The van der Waals surface area contributed by atoms with Crippen LogP contribution in [-0.2, 0) is 20.1 Å². The van der Waals surface area contributed by atoms with E-state index < -0.39 is 17.0 Å². The monoisotopic (exact) mass is 477 g/mol. The van der Waals surface area contributed by atoms with E-state index >= 15 is 0 Å². The van der Waals surface area contributed by atoms with Gasteiger partial charge in [-0.3, -0.25) is 28.1 Å². The van der Waals surface area contributed by atoms with Gasteiger partial charge in [0.25, 0.3) is 11.1 Å². The smallest absolute Gasteiger partial charge is 0.332 e. The van der Waals surface area contributed by atoms with Gasteiger partial charge in [0.1, 0.15) is 11.4 Å². The lowest BCUT2D eigenvalue weighted by molar-refractivity contribution is 0.102. The fraction of sp³-hybridized carbons (Fsp3) is 0.381. The molecule has 0 aliphatic heterocycles. The number of anilines is 1. The summed E-state index contributed by atoms with van der Waals surface area (Å²) in [6.07, 6.45) is 1.30. The Bertz CT molecular complexity index is 1380. The predicted molar refractivity (Wildman–Crippen MR) is 127 cm³/mol. The van der Waals surface area contributed by atoms with Gasteiger partial charge in [0, 0.05) is 25.2 Å². The highest BCUT2D eigenvalue weighted by Gasteiger charge is 2.22. The van der Waals surface area contributed by atoms with Gasteiger partial charge in [0.2, 0.25) is 0 Å². The lowest BCUT2D eigenvalue weighted by atomic mass is 10.2. The molecule has 1 aromatic carbocycles. The number of nitrogens with zero attached hydrogens (tertiary/aromatic N) is 4. The topological polar surface area (TPSA) is 122 Å². The van der Waals surface area contributed by atoms with Gasteiger partial charge in [0.05, 0.1) is 16.7 Å². The van der Waals surface area contributed by atoms with Crippen molar-refractivity contribution in [3.05, 3.63) is 60.0 Å². The van der Waals surface area contributed by atoms with Crippen LogP contribution in [0.4, 0.5) is 5.82 Å². The Balaban J connectivity index is 2.03. The van der Waals surface area contributed by atoms with Crippen molar-refractivity contribution in [2.45, 2.75) is 44.9 Å². The quantitative estimate of drug-likeness (QED) is 0.300. The number of thioether (sulfide) groups is 1. The molecule has 3 rings (SSSR count). The van der Waals surface area contributed by atoms with Crippen molar-refractivity contribution in [3.63, 3.8) is 0 Å². The van der Waals surface area contributed by atoms with E-state index in [2.05, 4.69) is 4.98 Å². The average molecular weight is 478 g/mol. The van der Waals surface area contributed by atoms with Gasteiger partial charge in [-0.05, 0) is 31.0 Å². The Morgan fingerprint density at radius 2 is 1.75 bits per heavy atom. The minimum absolute atomic E-state index is 0.144. The van der Waals surface area contributed by atoms with Crippen molar-refractivity contribution in [2.75, 3.05) is 11.5 Å². The third kappa shape index (κ3) is 4.37. The molecular weight excluding hydrogens is 454 g/mol.